The van der Waals surface area contributed by atoms with E-state index in [0.717, 1.165) is 19.2 Å². The second kappa shape index (κ2) is 6.51. The van der Waals surface area contributed by atoms with E-state index in [9.17, 15) is 23.1 Å². The summed E-state index contributed by atoms with van der Waals surface area (Å²) >= 11 is 0. The van der Waals surface area contributed by atoms with Crippen LogP contribution in [0.5, 0.6) is 0 Å². The monoisotopic (exact) mass is 336 g/mol. The number of aliphatic imine (C=N–C) groups is 1. The number of carbonyl (C=O) groups is 1. The minimum atomic E-state index is -5.05. The Labute approximate surface area is 133 Å². The van der Waals surface area contributed by atoms with Crippen molar-refractivity contribution in [3.05, 3.63) is 11.8 Å². The van der Waals surface area contributed by atoms with Crippen LogP contribution in [0.4, 0.5) is 13.2 Å². The molecule has 0 spiro atoms. The molecule has 132 valence electrons. The maximum absolute atomic E-state index is 13.6. The molecule has 0 amide bonds. The smallest absolute Gasteiger partial charge is 0.414 e. The van der Waals surface area contributed by atoms with Gasteiger partial charge < -0.3 is 15.6 Å². The van der Waals surface area contributed by atoms with E-state index in [0.29, 0.717) is 6.42 Å². The lowest BCUT2D eigenvalue weighted by atomic mass is 9.76. The van der Waals surface area contributed by atoms with Crippen LogP contribution in [-0.4, -0.2) is 41.7 Å². The molecule has 23 heavy (non-hydrogen) atoms. The fourth-order valence-corrected chi connectivity index (χ4v) is 2.87. The molecule has 3 atom stereocenters. The Hall–Kier alpha value is -1.57. The molecule has 0 aromatic heterocycles. The molecule has 1 rings (SSSR count). The lowest BCUT2D eigenvalue weighted by Crippen LogP contribution is -2.55. The zero-order valence-corrected chi connectivity index (χ0v) is 13.6. The molecule has 0 saturated carbocycles. The quantitative estimate of drug-likeness (QED) is 0.781. The summed E-state index contributed by atoms with van der Waals surface area (Å²) in [4.78, 5) is 15.1. The number of halogens is 3. The average Bonchev–Trinajstić information content (AvgIpc) is 2.32. The van der Waals surface area contributed by atoms with Gasteiger partial charge in [-0.3, -0.25) is 9.79 Å². The number of alkyl halides is 3. The van der Waals surface area contributed by atoms with E-state index < -0.39 is 34.9 Å². The van der Waals surface area contributed by atoms with Crippen molar-refractivity contribution >= 4 is 12.2 Å². The zero-order chi connectivity index (χ0) is 18.1. The first-order valence-corrected chi connectivity index (χ1v) is 7.30. The Bertz CT molecular complexity index is 513. The van der Waals surface area contributed by atoms with E-state index in [1.54, 1.807) is 6.92 Å². The number of carboxylic acid groups (broad SMARTS) is 1. The molecule has 0 bridgehead atoms. The van der Waals surface area contributed by atoms with Gasteiger partial charge in [0.25, 0.3) is 0 Å². The van der Waals surface area contributed by atoms with E-state index in [4.69, 9.17) is 10.5 Å². The summed E-state index contributed by atoms with van der Waals surface area (Å²) in [5, 5.41) is 9.29. The van der Waals surface area contributed by atoms with Crippen LogP contribution in [0.25, 0.3) is 0 Å². The Morgan fingerprint density at radius 1 is 1.52 bits per heavy atom. The van der Waals surface area contributed by atoms with Gasteiger partial charge in [-0.2, -0.15) is 13.2 Å². The highest BCUT2D eigenvalue weighted by Crippen LogP contribution is 2.49. The Morgan fingerprint density at radius 3 is 2.52 bits per heavy atom. The van der Waals surface area contributed by atoms with Gasteiger partial charge in [-0.25, -0.2) is 0 Å². The normalized spacial score (nSPS) is 27.5. The minimum absolute atomic E-state index is 0.220. The van der Waals surface area contributed by atoms with E-state index in [1.165, 1.54) is 0 Å². The summed E-state index contributed by atoms with van der Waals surface area (Å²) in [5.74, 6) is -2.50. The number of allylic oxidation sites excluding steroid dienone is 1. The van der Waals surface area contributed by atoms with Gasteiger partial charge >= 0.3 is 12.1 Å². The minimum Gasteiger partial charge on any atom is -0.494 e. The first kappa shape index (κ1) is 19.5. The van der Waals surface area contributed by atoms with Gasteiger partial charge in [0, 0.05) is 11.8 Å². The van der Waals surface area contributed by atoms with E-state index in [2.05, 4.69) is 4.99 Å². The topological polar surface area (TPSA) is 84.9 Å². The third kappa shape index (κ3) is 3.85. The Kier molecular flexibility index (Phi) is 5.51. The van der Waals surface area contributed by atoms with Gasteiger partial charge in [-0.1, -0.05) is 13.8 Å². The number of ether oxygens (including phenoxy) is 1. The van der Waals surface area contributed by atoms with Crippen molar-refractivity contribution in [2.75, 3.05) is 6.61 Å². The molecule has 1 heterocycles. The highest BCUT2D eigenvalue weighted by atomic mass is 19.4. The standard InChI is InChI=1S/C15H23F3N2O3/c1-9(2)7-13(4,19)8-23-11-5-6-20-10(3)14(11,12(21)22)15(16,17)18/h5-6,9-10H,7-8,19H2,1-4H3,(H,21,22). The van der Waals surface area contributed by atoms with Crippen LogP contribution >= 0.6 is 0 Å². The Morgan fingerprint density at radius 2 is 2.09 bits per heavy atom. The first-order chi connectivity index (χ1) is 10.3. The van der Waals surface area contributed by atoms with Gasteiger partial charge in [-0.15, -0.1) is 0 Å². The molecule has 0 fully saturated rings. The lowest BCUT2D eigenvalue weighted by Gasteiger charge is -2.39. The molecule has 3 N–H and O–H groups in total. The number of rotatable bonds is 6. The number of aliphatic carboxylic acids is 1. The molecule has 0 aromatic rings. The number of hydrogen-bond donors (Lipinski definition) is 2. The van der Waals surface area contributed by atoms with Crippen molar-refractivity contribution in [2.45, 2.75) is 51.9 Å². The summed E-state index contributed by atoms with van der Waals surface area (Å²) in [5.41, 5.74) is 1.96. The summed E-state index contributed by atoms with van der Waals surface area (Å²) in [6.45, 7) is 6.39. The Balaban J connectivity index is 3.14. The highest BCUT2D eigenvalue weighted by Gasteiger charge is 2.68. The van der Waals surface area contributed by atoms with Crippen LogP contribution in [0.2, 0.25) is 0 Å². The van der Waals surface area contributed by atoms with E-state index in [-0.39, 0.29) is 12.5 Å². The van der Waals surface area contributed by atoms with Crippen molar-refractivity contribution in [1.29, 1.82) is 0 Å². The van der Waals surface area contributed by atoms with Crippen LogP contribution in [0.3, 0.4) is 0 Å². The molecular weight excluding hydrogens is 313 g/mol. The van der Waals surface area contributed by atoms with Gasteiger partial charge in [0.1, 0.15) is 12.4 Å². The van der Waals surface area contributed by atoms with Gasteiger partial charge in [0.05, 0.1) is 6.04 Å². The molecular formula is C15H23F3N2O3. The predicted octanol–water partition coefficient (Wildman–Crippen LogP) is 2.76. The molecule has 1 aliphatic heterocycles. The van der Waals surface area contributed by atoms with E-state index in [1.807, 2.05) is 13.8 Å². The van der Waals surface area contributed by atoms with Crippen molar-refractivity contribution in [3.63, 3.8) is 0 Å². The molecule has 1 aliphatic rings. The SMILES string of the molecule is CC(C)CC(C)(N)COC1=CC=NC(C)C1(C(=O)O)C(F)(F)F. The molecule has 0 saturated heterocycles. The summed E-state index contributed by atoms with van der Waals surface area (Å²) in [6.07, 6.45) is -2.45. The van der Waals surface area contributed by atoms with Gasteiger partial charge in [-0.05, 0) is 32.3 Å². The summed E-state index contributed by atoms with van der Waals surface area (Å²) in [7, 11) is 0. The fraction of sp³-hybridized carbons (Fsp3) is 0.733. The van der Waals surface area contributed by atoms with Crippen molar-refractivity contribution in [1.82, 2.24) is 0 Å². The number of nitrogens with zero attached hydrogens (tertiary/aromatic N) is 1. The second-order valence-electron chi connectivity index (χ2n) is 6.66. The summed E-state index contributed by atoms with van der Waals surface area (Å²) < 4.78 is 46.0. The number of hydrogen-bond acceptors (Lipinski definition) is 4. The molecule has 3 unspecified atom stereocenters. The molecule has 0 aromatic carbocycles. The summed E-state index contributed by atoms with van der Waals surface area (Å²) in [6, 6.07) is -1.53. The third-order valence-electron chi connectivity index (χ3n) is 3.77. The second-order valence-corrected chi connectivity index (χ2v) is 6.66. The number of nitrogens with two attached hydrogens (primary N) is 1. The fourth-order valence-electron chi connectivity index (χ4n) is 2.87. The zero-order valence-electron chi connectivity index (χ0n) is 13.6. The number of carboxylic acids is 1. The maximum Gasteiger partial charge on any atom is 0.414 e. The van der Waals surface area contributed by atoms with Gasteiger partial charge in [0.15, 0.2) is 0 Å². The third-order valence-corrected chi connectivity index (χ3v) is 3.77. The maximum atomic E-state index is 13.6. The largest absolute Gasteiger partial charge is 0.494 e. The van der Waals surface area contributed by atoms with Crippen LogP contribution < -0.4 is 5.73 Å². The van der Waals surface area contributed by atoms with Crippen molar-refractivity contribution in [2.24, 2.45) is 22.1 Å². The van der Waals surface area contributed by atoms with E-state index >= 15 is 0 Å². The van der Waals surface area contributed by atoms with Crippen LogP contribution in [0, 0.1) is 11.3 Å². The molecule has 5 nitrogen and oxygen atoms in total. The molecule has 8 heteroatoms. The molecule has 0 aliphatic carbocycles. The predicted molar refractivity (Wildman–Crippen MR) is 80.2 cm³/mol. The van der Waals surface area contributed by atoms with Crippen LogP contribution in [-0.2, 0) is 9.53 Å². The van der Waals surface area contributed by atoms with Crippen molar-refractivity contribution < 1.29 is 27.8 Å². The molecule has 0 radical (unpaired) electrons. The average molecular weight is 336 g/mol. The van der Waals surface area contributed by atoms with Crippen LogP contribution in [0.15, 0.2) is 16.8 Å². The van der Waals surface area contributed by atoms with Gasteiger partial charge in [0.2, 0.25) is 5.41 Å². The van der Waals surface area contributed by atoms with Crippen LogP contribution in [0.1, 0.15) is 34.1 Å². The highest BCUT2D eigenvalue weighted by molar-refractivity contribution is 5.85. The first-order valence-electron chi connectivity index (χ1n) is 7.30. The lowest BCUT2D eigenvalue weighted by molar-refractivity contribution is -0.234. The number of dihydropyridines is 1. The van der Waals surface area contributed by atoms with Crippen molar-refractivity contribution in [3.8, 4) is 0 Å².